The lowest BCUT2D eigenvalue weighted by Crippen LogP contribution is -2.33. The zero-order valence-electron chi connectivity index (χ0n) is 12.2. The van der Waals surface area contributed by atoms with E-state index in [1.807, 2.05) is 0 Å². The monoisotopic (exact) mass is 291 g/mol. The number of hydrogen-bond donors (Lipinski definition) is 2. The fraction of sp³-hybridized carbons (Fsp3) is 0.533. The number of nitro benzene ring substituents is 1. The van der Waals surface area contributed by atoms with Crippen molar-refractivity contribution < 1.29 is 9.72 Å². The van der Waals surface area contributed by atoms with Crippen molar-refractivity contribution in [3.8, 4) is 0 Å². The number of piperidine rings is 1. The van der Waals surface area contributed by atoms with E-state index in [4.69, 9.17) is 0 Å². The molecule has 1 fully saturated rings. The lowest BCUT2D eigenvalue weighted by Gasteiger charge is -2.22. The molecule has 1 amide bonds. The largest absolute Gasteiger partial charge is 0.352 e. The Balaban J connectivity index is 1.90. The summed E-state index contributed by atoms with van der Waals surface area (Å²) < 4.78 is 0. The molecular formula is C15H21N3O3. The van der Waals surface area contributed by atoms with E-state index in [9.17, 15) is 14.9 Å². The second kappa shape index (κ2) is 7.17. The predicted molar refractivity (Wildman–Crippen MR) is 80.4 cm³/mol. The fourth-order valence-electron chi connectivity index (χ4n) is 2.62. The van der Waals surface area contributed by atoms with E-state index in [1.54, 1.807) is 13.0 Å². The van der Waals surface area contributed by atoms with E-state index in [0.29, 0.717) is 18.0 Å². The van der Waals surface area contributed by atoms with Crippen LogP contribution in [0, 0.1) is 23.0 Å². The first kappa shape index (κ1) is 15.4. The Labute approximate surface area is 124 Å². The third-order valence-electron chi connectivity index (χ3n) is 3.91. The molecule has 0 radical (unpaired) electrons. The molecule has 1 heterocycles. The van der Waals surface area contributed by atoms with Crippen LogP contribution in [0.3, 0.4) is 0 Å². The number of aryl methyl sites for hydroxylation is 1. The highest BCUT2D eigenvalue weighted by atomic mass is 16.6. The summed E-state index contributed by atoms with van der Waals surface area (Å²) in [5, 5.41) is 17.0. The first-order valence-corrected chi connectivity index (χ1v) is 7.32. The summed E-state index contributed by atoms with van der Waals surface area (Å²) in [5.74, 6) is 0.366. The number of nitrogens with one attached hydrogen (secondary N) is 2. The molecular weight excluding hydrogens is 270 g/mol. The summed E-state index contributed by atoms with van der Waals surface area (Å²) in [4.78, 5) is 22.4. The van der Waals surface area contributed by atoms with Crippen LogP contribution in [-0.4, -0.2) is 30.5 Å². The van der Waals surface area contributed by atoms with Gasteiger partial charge in [-0.2, -0.15) is 0 Å². The zero-order chi connectivity index (χ0) is 15.2. The normalized spacial score (nSPS) is 18.2. The van der Waals surface area contributed by atoms with Gasteiger partial charge in [-0.3, -0.25) is 14.9 Å². The SMILES string of the molecule is Cc1ccc([N+](=O)[O-])cc1C(=O)NCCC1CCCNC1. The van der Waals surface area contributed by atoms with E-state index in [-0.39, 0.29) is 11.6 Å². The average molecular weight is 291 g/mol. The predicted octanol–water partition coefficient (Wildman–Crippen LogP) is 2.02. The number of non-ortho nitro benzene ring substituents is 1. The van der Waals surface area contributed by atoms with Gasteiger partial charge in [-0.05, 0) is 50.8 Å². The first-order chi connectivity index (χ1) is 10.1. The van der Waals surface area contributed by atoms with Crippen molar-refractivity contribution in [2.45, 2.75) is 26.2 Å². The molecule has 0 bridgehead atoms. The molecule has 1 aromatic carbocycles. The van der Waals surface area contributed by atoms with Gasteiger partial charge in [0, 0.05) is 24.2 Å². The van der Waals surface area contributed by atoms with E-state index < -0.39 is 4.92 Å². The highest BCUT2D eigenvalue weighted by Crippen LogP contribution is 2.17. The van der Waals surface area contributed by atoms with Crippen molar-refractivity contribution in [2.24, 2.45) is 5.92 Å². The Morgan fingerprint density at radius 1 is 1.52 bits per heavy atom. The lowest BCUT2D eigenvalue weighted by molar-refractivity contribution is -0.384. The Morgan fingerprint density at radius 2 is 2.33 bits per heavy atom. The molecule has 0 saturated carbocycles. The molecule has 1 atom stereocenters. The smallest absolute Gasteiger partial charge is 0.270 e. The van der Waals surface area contributed by atoms with Crippen LogP contribution in [0.1, 0.15) is 35.2 Å². The molecule has 1 aliphatic rings. The summed E-state index contributed by atoms with van der Waals surface area (Å²) in [7, 11) is 0. The van der Waals surface area contributed by atoms with Crippen LogP contribution < -0.4 is 10.6 Å². The van der Waals surface area contributed by atoms with Crippen molar-refractivity contribution in [3.63, 3.8) is 0 Å². The topological polar surface area (TPSA) is 84.3 Å². The summed E-state index contributed by atoms with van der Waals surface area (Å²) in [6.45, 7) is 4.47. The molecule has 2 rings (SSSR count). The van der Waals surface area contributed by atoms with Gasteiger partial charge in [0.1, 0.15) is 0 Å². The first-order valence-electron chi connectivity index (χ1n) is 7.32. The number of carbonyl (C=O) groups is 1. The van der Waals surface area contributed by atoms with Gasteiger partial charge in [0.05, 0.1) is 4.92 Å². The zero-order valence-corrected chi connectivity index (χ0v) is 12.2. The molecule has 21 heavy (non-hydrogen) atoms. The molecule has 1 saturated heterocycles. The van der Waals surface area contributed by atoms with Crippen molar-refractivity contribution in [1.29, 1.82) is 0 Å². The molecule has 6 nitrogen and oxygen atoms in total. The van der Waals surface area contributed by atoms with Gasteiger partial charge in [0.2, 0.25) is 0 Å². The number of hydrogen-bond acceptors (Lipinski definition) is 4. The standard InChI is InChI=1S/C15H21N3O3/c1-11-4-5-13(18(20)21)9-14(11)15(19)17-8-6-12-3-2-7-16-10-12/h4-5,9,12,16H,2-3,6-8,10H2,1H3,(H,17,19). The number of amides is 1. The van der Waals surface area contributed by atoms with Crippen LogP contribution in [0.4, 0.5) is 5.69 Å². The van der Waals surface area contributed by atoms with Crippen molar-refractivity contribution in [1.82, 2.24) is 10.6 Å². The highest BCUT2D eigenvalue weighted by molar-refractivity contribution is 5.96. The number of rotatable bonds is 5. The second-order valence-electron chi connectivity index (χ2n) is 5.51. The molecule has 0 aliphatic carbocycles. The van der Waals surface area contributed by atoms with Gasteiger partial charge in [0.15, 0.2) is 0 Å². The molecule has 114 valence electrons. The summed E-state index contributed by atoms with van der Waals surface area (Å²) >= 11 is 0. The lowest BCUT2D eigenvalue weighted by atomic mass is 9.96. The maximum Gasteiger partial charge on any atom is 0.270 e. The fourth-order valence-corrected chi connectivity index (χ4v) is 2.62. The molecule has 6 heteroatoms. The Bertz CT molecular complexity index is 525. The van der Waals surface area contributed by atoms with Gasteiger partial charge >= 0.3 is 0 Å². The van der Waals surface area contributed by atoms with Crippen molar-refractivity contribution in [2.75, 3.05) is 19.6 Å². The molecule has 1 aliphatic heterocycles. The van der Waals surface area contributed by atoms with E-state index in [0.717, 1.165) is 25.1 Å². The van der Waals surface area contributed by atoms with Crippen molar-refractivity contribution in [3.05, 3.63) is 39.4 Å². The minimum absolute atomic E-state index is 0.0535. The van der Waals surface area contributed by atoms with Crippen LogP contribution in [0.5, 0.6) is 0 Å². The number of nitrogens with zero attached hydrogens (tertiary/aromatic N) is 1. The second-order valence-corrected chi connectivity index (χ2v) is 5.51. The van der Waals surface area contributed by atoms with Crippen molar-refractivity contribution >= 4 is 11.6 Å². The molecule has 1 unspecified atom stereocenters. The van der Waals surface area contributed by atoms with Gasteiger partial charge in [-0.1, -0.05) is 6.07 Å². The van der Waals surface area contributed by atoms with E-state index >= 15 is 0 Å². The molecule has 1 aromatic rings. The number of nitro groups is 1. The minimum atomic E-state index is -0.482. The number of carbonyl (C=O) groups excluding carboxylic acids is 1. The molecule has 2 N–H and O–H groups in total. The maximum atomic E-state index is 12.1. The average Bonchev–Trinajstić information content (AvgIpc) is 2.48. The maximum absolute atomic E-state index is 12.1. The van der Waals surface area contributed by atoms with Crippen LogP contribution in [0.15, 0.2) is 18.2 Å². The molecule has 0 spiro atoms. The highest BCUT2D eigenvalue weighted by Gasteiger charge is 2.16. The Hall–Kier alpha value is -1.95. The van der Waals surface area contributed by atoms with E-state index in [1.165, 1.54) is 25.0 Å². The third-order valence-corrected chi connectivity index (χ3v) is 3.91. The van der Waals surface area contributed by atoms with Crippen LogP contribution >= 0.6 is 0 Å². The van der Waals surface area contributed by atoms with Crippen LogP contribution in [0.2, 0.25) is 0 Å². The van der Waals surface area contributed by atoms with Gasteiger partial charge in [-0.15, -0.1) is 0 Å². The molecule has 0 aromatic heterocycles. The van der Waals surface area contributed by atoms with Crippen LogP contribution in [-0.2, 0) is 0 Å². The van der Waals surface area contributed by atoms with Crippen LogP contribution in [0.25, 0.3) is 0 Å². The summed E-state index contributed by atoms with van der Waals surface area (Å²) in [5.41, 5.74) is 1.07. The summed E-state index contributed by atoms with van der Waals surface area (Å²) in [6, 6.07) is 4.37. The van der Waals surface area contributed by atoms with Gasteiger partial charge in [-0.25, -0.2) is 0 Å². The van der Waals surface area contributed by atoms with E-state index in [2.05, 4.69) is 10.6 Å². The number of benzene rings is 1. The summed E-state index contributed by atoms with van der Waals surface area (Å²) in [6.07, 6.45) is 3.31. The minimum Gasteiger partial charge on any atom is -0.352 e. The van der Waals surface area contributed by atoms with Gasteiger partial charge in [0.25, 0.3) is 11.6 Å². The third kappa shape index (κ3) is 4.26. The Kier molecular flexibility index (Phi) is 5.27. The quantitative estimate of drug-likeness (QED) is 0.642. The Morgan fingerprint density at radius 3 is 3.00 bits per heavy atom. The van der Waals surface area contributed by atoms with Gasteiger partial charge < -0.3 is 10.6 Å².